The number of hydrogen-bond acceptors (Lipinski definition) is 3. The maximum absolute atomic E-state index is 13.2. The Morgan fingerprint density at radius 3 is 2.76 bits per heavy atom. The molecule has 0 aliphatic heterocycles. The topological polar surface area (TPSA) is 78.4 Å². The van der Waals surface area contributed by atoms with E-state index in [1.165, 1.54) is 12.1 Å². The lowest BCUT2D eigenvalue weighted by Gasteiger charge is -2.07. The molecule has 0 bridgehead atoms. The van der Waals surface area contributed by atoms with Gasteiger partial charge < -0.3 is 15.7 Å². The van der Waals surface area contributed by atoms with Crippen LogP contribution in [0.3, 0.4) is 0 Å². The smallest absolute Gasteiger partial charge is 0.252 e. The Morgan fingerprint density at radius 2 is 2.10 bits per heavy atom. The van der Waals surface area contributed by atoms with E-state index in [-0.39, 0.29) is 31.0 Å². The van der Waals surface area contributed by atoms with Gasteiger partial charge in [-0.15, -0.1) is 0 Å². The second-order valence-corrected chi connectivity index (χ2v) is 4.11. The first kappa shape index (κ1) is 16.7. The molecule has 3 N–H and O–H groups in total. The number of nitrogens with one attached hydrogen (secondary N) is 2. The minimum absolute atomic E-state index is 0.0758. The largest absolute Gasteiger partial charge is 0.384 e. The van der Waals surface area contributed by atoms with E-state index >= 15 is 0 Å². The lowest BCUT2D eigenvalue weighted by atomic mass is 10.1. The van der Waals surface area contributed by atoms with Gasteiger partial charge in [0.25, 0.3) is 5.91 Å². The fraction of sp³-hybridized carbons (Fsp3) is 0.333. The first-order chi connectivity index (χ1) is 10.1. The van der Waals surface area contributed by atoms with Crippen LogP contribution in [-0.2, 0) is 4.79 Å². The Hall–Kier alpha value is -2.39. The zero-order valence-electron chi connectivity index (χ0n) is 11.7. The highest BCUT2D eigenvalue weighted by atomic mass is 19.1. The number of hydrogen-bond donors (Lipinski definition) is 3. The van der Waals surface area contributed by atoms with Crippen LogP contribution >= 0.6 is 0 Å². The Bertz CT molecular complexity index is 576. The minimum atomic E-state index is -0.557. The van der Waals surface area contributed by atoms with Crippen LogP contribution in [0.15, 0.2) is 18.2 Å². The lowest BCUT2D eigenvalue weighted by molar-refractivity contribution is -0.120. The zero-order chi connectivity index (χ0) is 15.7. The number of benzene rings is 1. The van der Waals surface area contributed by atoms with Crippen molar-refractivity contribution in [1.82, 2.24) is 10.6 Å². The molecule has 0 spiro atoms. The SMILES string of the molecule is CCNC(=O)CCNC(=O)c1cc(F)ccc1C#CCO. The average molecular weight is 292 g/mol. The van der Waals surface area contributed by atoms with Gasteiger partial charge in [0.15, 0.2) is 0 Å². The molecular formula is C15H17FN2O3. The van der Waals surface area contributed by atoms with Gasteiger partial charge >= 0.3 is 0 Å². The van der Waals surface area contributed by atoms with Crippen molar-refractivity contribution in [2.24, 2.45) is 0 Å². The summed E-state index contributed by atoms with van der Waals surface area (Å²) in [5, 5.41) is 13.8. The number of rotatable bonds is 5. The summed E-state index contributed by atoms with van der Waals surface area (Å²) in [6.45, 7) is 2.12. The summed E-state index contributed by atoms with van der Waals surface area (Å²) in [6, 6.07) is 3.63. The molecule has 0 atom stereocenters. The van der Waals surface area contributed by atoms with Gasteiger partial charge in [-0.2, -0.15) is 0 Å². The normalized spacial score (nSPS) is 9.48. The first-order valence-corrected chi connectivity index (χ1v) is 6.52. The van der Waals surface area contributed by atoms with Crippen LogP contribution in [0, 0.1) is 17.7 Å². The number of carbonyl (C=O) groups excluding carboxylic acids is 2. The van der Waals surface area contributed by atoms with E-state index < -0.39 is 11.7 Å². The predicted molar refractivity (Wildman–Crippen MR) is 76.0 cm³/mol. The van der Waals surface area contributed by atoms with E-state index in [1.807, 2.05) is 0 Å². The van der Waals surface area contributed by atoms with Crippen LogP contribution < -0.4 is 10.6 Å². The van der Waals surface area contributed by atoms with Crippen LogP contribution in [0.5, 0.6) is 0 Å². The molecule has 21 heavy (non-hydrogen) atoms. The van der Waals surface area contributed by atoms with E-state index in [0.29, 0.717) is 12.1 Å². The third-order valence-electron chi connectivity index (χ3n) is 2.54. The number of halogens is 1. The fourth-order valence-corrected chi connectivity index (χ4v) is 1.62. The number of aliphatic hydroxyl groups excluding tert-OH is 1. The summed E-state index contributed by atoms with van der Waals surface area (Å²) in [6.07, 6.45) is 0.145. The molecule has 0 saturated carbocycles. The quantitative estimate of drug-likeness (QED) is 0.689. The van der Waals surface area contributed by atoms with Gasteiger partial charge in [-0.25, -0.2) is 4.39 Å². The Balaban J connectivity index is 2.72. The molecule has 0 radical (unpaired) electrons. The molecule has 0 unspecified atom stereocenters. The molecular weight excluding hydrogens is 275 g/mol. The Labute approximate surface area is 122 Å². The molecule has 0 aliphatic carbocycles. The Morgan fingerprint density at radius 1 is 1.33 bits per heavy atom. The molecule has 0 heterocycles. The molecule has 0 saturated heterocycles. The van der Waals surface area contributed by atoms with Gasteiger partial charge in [0, 0.05) is 25.1 Å². The average Bonchev–Trinajstić information content (AvgIpc) is 2.46. The highest BCUT2D eigenvalue weighted by molar-refractivity contribution is 5.97. The van der Waals surface area contributed by atoms with E-state index in [9.17, 15) is 14.0 Å². The van der Waals surface area contributed by atoms with Crippen LogP contribution in [-0.4, -0.2) is 36.6 Å². The van der Waals surface area contributed by atoms with E-state index in [2.05, 4.69) is 22.5 Å². The number of amides is 2. The van der Waals surface area contributed by atoms with Crippen molar-refractivity contribution in [1.29, 1.82) is 0 Å². The van der Waals surface area contributed by atoms with Crippen molar-refractivity contribution < 1.29 is 19.1 Å². The van der Waals surface area contributed by atoms with Gasteiger partial charge in [-0.1, -0.05) is 11.8 Å². The summed E-state index contributed by atoms with van der Waals surface area (Å²) < 4.78 is 13.2. The maximum Gasteiger partial charge on any atom is 0.252 e. The van der Waals surface area contributed by atoms with Crippen LogP contribution in [0.25, 0.3) is 0 Å². The van der Waals surface area contributed by atoms with Crippen LogP contribution in [0.2, 0.25) is 0 Å². The number of carbonyl (C=O) groups is 2. The summed E-state index contributed by atoms with van der Waals surface area (Å²) >= 11 is 0. The third kappa shape index (κ3) is 5.63. The highest BCUT2D eigenvalue weighted by Crippen LogP contribution is 2.10. The molecule has 0 fully saturated rings. The fourth-order valence-electron chi connectivity index (χ4n) is 1.62. The highest BCUT2D eigenvalue weighted by Gasteiger charge is 2.11. The molecule has 0 aliphatic rings. The van der Waals surface area contributed by atoms with Crippen molar-refractivity contribution in [3.63, 3.8) is 0 Å². The van der Waals surface area contributed by atoms with Gasteiger partial charge in [0.1, 0.15) is 12.4 Å². The Kier molecular flexibility index (Phi) is 6.92. The van der Waals surface area contributed by atoms with Crippen molar-refractivity contribution in [2.75, 3.05) is 19.7 Å². The van der Waals surface area contributed by atoms with E-state index in [4.69, 9.17) is 5.11 Å². The summed E-state index contributed by atoms with van der Waals surface area (Å²) in [5.41, 5.74) is 0.396. The predicted octanol–water partition coefficient (Wildman–Crippen LogP) is 0.425. The van der Waals surface area contributed by atoms with E-state index in [1.54, 1.807) is 6.92 Å². The summed E-state index contributed by atoms with van der Waals surface area (Å²) in [4.78, 5) is 23.2. The second kappa shape index (κ2) is 8.72. The second-order valence-electron chi connectivity index (χ2n) is 4.11. The van der Waals surface area contributed by atoms with Gasteiger partial charge in [0.2, 0.25) is 5.91 Å². The van der Waals surface area contributed by atoms with Crippen molar-refractivity contribution in [2.45, 2.75) is 13.3 Å². The zero-order valence-corrected chi connectivity index (χ0v) is 11.7. The van der Waals surface area contributed by atoms with Gasteiger partial charge in [-0.3, -0.25) is 9.59 Å². The van der Waals surface area contributed by atoms with Crippen LogP contribution in [0.1, 0.15) is 29.3 Å². The van der Waals surface area contributed by atoms with Gasteiger partial charge in [-0.05, 0) is 25.1 Å². The third-order valence-corrected chi connectivity index (χ3v) is 2.54. The summed E-state index contributed by atoms with van der Waals surface area (Å²) in [7, 11) is 0. The standard InChI is InChI=1S/C15H17FN2O3/c1-2-17-14(20)7-8-18-15(21)13-10-12(16)6-5-11(13)4-3-9-19/h5-6,10,19H,2,7-9H2,1H3,(H,17,20)(H,18,21). The molecule has 1 aromatic rings. The van der Waals surface area contributed by atoms with Crippen LogP contribution in [0.4, 0.5) is 4.39 Å². The first-order valence-electron chi connectivity index (χ1n) is 6.52. The van der Waals surface area contributed by atoms with E-state index in [0.717, 1.165) is 6.07 Å². The molecule has 1 aromatic carbocycles. The lowest BCUT2D eigenvalue weighted by Crippen LogP contribution is -2.31. The molecule has 5 nitrogen and oxygen atoms in total. The minimum Gasteiger partial charge on any atom is -0.384 e. The molecule has 112 valence electrons. The molecule has 0 aromatic heterocycles. The summed E-state index contributed by atoms with van der Waals surface area (Å²) in [5.74, 6) is 3.75. The molecule has 1 rings (SSSR count). The van der Waals surface area contributed by atoms with Crippen molar-refractivity contribution in [3.8, 4) is 11.8 Å². The van der Waals surface area contributed by atoms with Gasteiger partial charge in [0.05, 0.1) is 5.56 Å². The molecule has 6 heteroatoms. The number of aliphatic hydroxyl groups is 1. The maximum atomic E-state index is 13.2. The monoisotopic (exact) mass is 292 g/mol. The van der Waals surface area contributed by atoms with Crippen molar-refractivity contribution in [3.05, 3.63) is 35.1 Å². The van der Waals surface area contributed by atoms with Crippen molar-refractivity contribution >= 4 is 11.8 Å². The molecule has 2 amide bonds.